The molecule has 0 aromatic heterocycles. The van der Waals surface area contributed by atoms with Gasteiger partial charge in [-0.15, -0.1) is 12.0 Å². The van der Waals surface area contributed by atoms with Crippen molar-refractivity contribution >= 4 is 6.71 Å². The second kappa shape index (κ2) is 3.29. The van der Waals surface area contributed by atoms with Crippen LogP contribution in [0, 0.1) is 5.41 Å². The Morgan fingerprint density at radius 1 is 1.18 bits per heavy atom. The third-order valence-corrected chi connectivity index (χ3v) is 1.89. The minimum Gasteiger partial charge on any atom is -0.114 e. The fourth-order valence-corrected chi connectivity index (χ4v) is 1.49. The van der Waals surface area contributed by atoms with Crippen LogP contribution in [0.15, 0.2) is 24.1 Å². The number of hydrogen-bond acceptors (Lipinski definition) is 0. The highest BCUT2D eigenvalue weighted by molar-refractivity contribution is 6.69. The van der Waals surface area contributed by atoms with Crippen molar-refractivity contribution in [1.29, 1.82) is 0 Å². The van der Waals surface area contributed by atoms with Crippen LogP contribution in [-0.4, -0.2) is 6.71 Å². The van der Waals surface area contributed by atoms with Crippen molar-refractivity contribution in [2.24, 2.45) is 5.41 Å². The van der Waals surface area contributed by atoms with Crippen molar-refractivity contribution in [3.63, 3.8) is 0 Å². The smallest absolute Gasteiger partial charge is 0.114 e. The van der Waals surface area contributed by atoms with Gasteiger partial charge in [0.1, 0.15) is 0 Å². The van der Waals surface area contributed by atoms with E-state index in [9.17, 15) is 0 Å². The normalized spacial score (nSPS) is 17.5. The van der Waals surface area contributed by atoms with E-state index in [0.717, 1.165) is 6.42 Å². The van der Waals surface area contributed by atoms with Gasteiger partial charge in [-0.3, -0.25) is 0 Å². The summed E-state index contributed by atoms with van der Waals surface area (Å²) in [4.78, 5) is 0. The summed E-state index contributed by atoms with van der Waals surface area (Å²) in [5.74, 6) is 4.65. The van der Waals surface area contributed by atoms with Gasteiger partial charge >= 0.3 is 0 Å². The fraction of sp³-hybridized carbons (Fsp3) is 0.600. The van der Waals surface area contributed by atoms with Crippen LogP contribution in [-0.2, 0) is 0 Å². The van der Waals surface area contributed by atoms with Gasteiger partial charge in [0.05, 0.1) is 0 Å². The Labute approximate surface area is 70.5 Å². The van der Waals surface area contributed by atoms with E-state index in [1.807, 2.05) is 0 Å². The molecule has 0 aromatic carbocycles. The van der Waals surface area contributed by atoms with Crippen LogP contribution in [0.3, 0.4) is 0 Å². The maximum atomic E-state index is 2.32. The monoisotopic (exact) mass is 148 g/mol. The number of hydrogen-bond donors (Lipinski definition) is 0. The molecule has 0 unspecified atom stereocenters. The van der Waals surface area contributed by atoms with E-state index < -0.39 is 0 Å². The molecule has 0 N–H and O–H groups in total. The molecule has 0 spiro atoms. The van der Waals surface area contributed by atoms with E-state index in [2.05, 4.69) is 44.9 Å². The molecule has 1 heteroatoms. The lowest BCUT2D eigenvalue weighted by Crippen LogP contribution is -2.18. The zero-order valence-electron chi connectivity index (χ0n) is 7.80. The van der Waals surface area contributed by atoms with E-state index in [1.54, 1.807) is 0 Å². The lowest BCUT2D eigenvalue weighted by molar-refractivity contribution is 0.466. The van der Waals surface area contributed by atoms with Gasteiger partial charge in [-0.25, -0.2) is 0 Å². The van der Waals surface area contributed by atoms with E-state index in [0.29, 0.717) is 12.1 Å². The average molecular weight is 148 g/mol. The lowest BCUT2D eigenvalue weighted by atomic mass is 9.42. The first kappa shape index (κ1) is 8.64. The Morgan fingerprint density at radius 2 is 1.73 bits per heavy atom. The van der Waals surface area contributed by atoms with Crippen molar-refractivity contribution in [1.82, 2.24) is 0 Å². The van der Waals surface area contributed by atoms with E-state index in [1.165, 1.54) is 6.32 Å². The van der Waals surface area contributed by atoms with E-state index >= 15 is 0 Å². The minimum absolute atomic E-state index is 0.455. The molecule has 1 aliphatic rings. The largest absolute Gasteiger partial charge is 0.192 e. The Balaban J connectivity index is 2.43. The van der Waals surface area contributed by atoms with Gasteiger partial charge in [0.15, 0.2) is 6.71 Å². The fourth-order valence-electron chi connectivity index (χ4n) is 1.49. The Morgan fingerprint density at radius 3 is 2.18 bits per heavy atom. The molecule has 0 radical (unpaired) electrons. The SMILES string of the molecule is CC(C)(C)CB1C=CCC=C1. The van der Waals surface area contributed by atoms with Gasteiger partial charge in [-0.1, -0.05) is 39.2 Å². The molecule has 0 aromatic rings. The van der Waals surface area contributed by atoms with Gasteiger partial charge in [0.25, 0.3) is 0 Å². The molecular weight excluding hydrogens is 131 g/mol. The van der Waals surface area contributed by atoms with Gasteiger partial charge in [-0.2, -0.15) is 0 Å². The summed E-state index contributed by atoms with van der Waals surface area (Å²) in [5.41, 5.74) is 0.455. The molecule has 60 valence electrons. The predicted octanol–water partition coefficient (Wildman–Crippen LogP) is 3.12. The predicted molar refractivity (Wildman–Crippen MR) is 52.9 cm³/mol. The van der Waals surface area contributed by atoms with E-state index in [4.69, 9.17) is 0 Å². The molecule has 1 rings (SSSR count). The second-order valence-electron chi connectivity index (χ2n) is 4.52. The number of allylic oxidation sites excluding steroid dienone is 2. The van der Waals surface area contributed by atoms with Crippen LogP contribution in [0.2, 0.25) is 6.32 Å². The van der Waals surface area contributed by atoms with Gasteiger partial charge in [-0.05, 0) is 11.8 Å². The van der Waals surface area contributed by atoms with Crippen LogP contribution in [0.5, 0.6) is 0 Å². The Kier molecular flexibility index (Phi) is 2.59. The van der Waals surface area contributed by atoms with Crippen molar-refractivity contribution in [3.05, 3.63) is 24.1 Å². The minimum atomic E-state index is 0.455. The Hall–Kier alpha value is -0.455. The van der Waals surface area contributed by atoms with Gasteiger partial charge in [0, 0.05) is 0 Å². The molecule has 0 saturated heterocycles. The van der Waals surface area contributed by atoms with Gasteiger partial charge < -0.3 is 0 Å². The summed E-state index contributed by atoms with van der Waals surface area (Å²) in [6, 6.07) is 0. The molecule has 1 aliphatic heterocycles. The molecule has 0 atom stereocenters. The van der Waals surface area contributed by atoms with Crippen LogP contribution in [0.1, 0.15) is 27.2 Å². The zero-order chi connectivity index (χ0) is 8.32. The maximum absolute atomic E-state index is 2.32. The third-order valence-electron chi connectivity index (χ3n) is 1.89. The summed E-state index contributed by atoms with van der Waals surface area (Å²) in [7, 11) is 0. The summed E-state index contributed by atoms with van der Waals surface area (Å²) < 4.78 is 0. The highest BCUT2D eigenvalue weighted by Crippen LogP contribution is 2.23. The quantitative estimate of drug-likeness (QED) is 0.501. The molecule has 0 aliphatic carbocycles. The first-order valence-corrected chi connectivity index (χ1v) is 4.41. The highest BCUT2D eigenvalue weighted by Gasteiger charge is 2.17. The van der Waals surface area contributed by atoms with Crippen molar-refractivity contribution in [2.75, 3.05) is 0 Å². The standard InChI is InChI=1S/C10H17B/c1-10(2,3)9-11-7-5-4-6-8-11/h5-8H,4,9H2,1-3H3. The van der Waals surface area contributed by atoms with E-state index in [-0.39, 0.29) is 0 Å². The zero-order valence-corrected chi connectivity index (χ0v) is 7.80. The molecule has 0 amide bonds. The Bertz CT molecular complexity index is 160. The van der Waals surface area contributed by atoms with Crippen LogP contribution < -0.4 is 0 Å². The van der Waals surface area contributed by atoms with Gasteiger partial charge in [0.2, 0.25) is 0 Å². The molecule has 0 saturated carbocycles. The van der Waals surface area contributed by atoms with Crippen molar-refractivity contribution in [3.8, 4) is 0 Å². The summed E-state index contributed by atoms with van der Waals surface area (Å²) in [5, 5.41) is 0. The lowest BCUT2D eigenvalue weighted by Gasteiger charge is -2.20. The van der Waals surface area contributed by atoms with Crippen molar-refractivity contribution < 1.29 is 0 Å². The molecule has 0 fully saturated rings. The topological polar surface area (TPSA) is 0 Å². The summed E-state index contributed by atoms with van der Waals surface area (Å²) in [6.07, 6.45) is 6.91. The molecule has 0 nitrogen and oxygen atoms in total. The second-order valence-corrected chi connectivity index (χ2v) is 4.52. The highest BCUT2D eigenvalue weighted by atomic mass is 14.1. The van der Waals surface area contributed by atoms with Crippen molar-refractivity contribution in [2.45, 2.75) is 33.5 Å². The summed E-state index contributed by atoms with van der Waals surface area (Å²) in [6.45, 7) is 7.57. The molecule has 11 heavy (non-hydrogen) atoms. The average Bonchev–Trinajstić information content (AvgIpc) is 1.85. The summed E-state index contributed by atoms with van der Waals surface area (Å²) >= 11 is 0. The molecule has 1 heterocycles. The van der Waals surface area contributed by atoms with Crippen LogP contribution in [0.4, 0.5) is 0 Å². The maximum Gasteiger partial charge on any atom is 0.192 e. The third kappa shape index (κ3) is 3.45. The molecular formula is C10H17B. The van der Waals surface area contributed by atoms with Crippen LogP contribution in [0.25, 0.3) is 0 Å². The number of rotatable bonds is 1. The van der Waals surface area contributed by atoms with Crippen LogP contribution >= 0.6 is 0 Å². The first-order chi connectivity index (χ1) is 5.08. The molecule has 0 bridgehead atoms. The first-order valence-electron chi connectivity index (χ1n) is 4.41.